The van der Waals surface area contributed by atoms with E-state index in [1.165, 1.54) is 6.07 Å². The highest BCUT2D eigenvalue weighted by atomic mass is 19.1. The van der Waals surface area contributed by atoms with Gasteiger partial charge in [0.2, 0.25) is 5.88 Å². The van der Waals surface area contributed by atoms with E-state index in [4.69, 9.17) is 15.2 Å². The van der Waals surface area contributed by atoms with E-state index >= 15 is 0 Å². The van der Waals surface area contributed by atoms with Gasteiger partial charge in [0.15, 0.2) is 0 Å². The van der Waals surface area contributed by atoms with Crippen molar-refractivity contribution in [2.75, 3.05) is 6.54 Å². The van der Waals surface area contributed by atoms with Crippen LogP contribution in [0.2, 0.25) is 0 Å². The van der Waals surface area contributed by atoms with Crippen LogP contribution in [0.5, 0.6) is 5.88 Å². The van der Waals surface area contributed by atoms with Gasteiger partial charge in [0.05, 0.1) is 12.7 Å². The van der Waals surface area contributed by atoms with Crippen molar-refractivity contribution in [1.82, 2.24) is 10.3 Å². The summed E-state index contributed by atoms with van der Waals surface area (Å²) < 4.78 is 23.7. The number of aromatic nitrogens is 1. The second-order valence-electron chi connectivity index (χ2n) is 5.63. The van der Waals surface area contributed by atoms with Crippen LogP contribution in [-0.4, -0.2) is 29.3 Å². The lowest BCUT2D eigenvalue weighted by molar-refractivity contribution is 0.0503. The molecule has 1 atom stereocenters. The van der Waals surface area contributed by atoms with E-state index in [1.807, 2.05) is 0 Å². The van der Waals surface area contributed by atoms with Gasteiger partial charge in [0, 0.05) is 12.1 Å². The molecule has 0 aliphatic heterocycles. The Morgan fingerprint density at radius 2 is 2.19 bits per heavy atom. The highest BCUT2D eigenvalue weighted by Gasteiger charge is 2.17. The number of carbonyl (C=O) groups is 1. The molecule has 0 saturated heterocycles. The highest BCUT2D eigenvalue weighted by Crippen LogP contribution is 2.16. The standard InChI is InChI=1S/C14H22FN3O3/c1-9(7-18-13(19)21-14(2,3)4)20-12-10(6-16)5-11(15)8-17-12/h5,8-9H,6-7,16H2,1-4H3,(H,18,19)/t9-/m0/s1. The number of carbonyl (C=O) groups excluding carboxylic acids is 1. The predicted molar refractivity (Wildman–Crippen MR) is 76.4 cm³/mol. The van der Waals surface area contributed by atoms with Gasteiger partial charge in [-0.2, -0.15) is 0 Å². The average Bonchev–Trinajstić information content (AvgIpc) is 2.36. The lowest BCUT2D eigenvalue weighted by Gasteiger charge is -2.21. The molecule has 7 heteroatoms. The number of hydrogen-bond donors (Lipinski definition) is 2. The summed E-state index contributed by atoms with van der Waals surface area (Å²) in [4.78, 5) is 15.4. The molecule has 118 valence electrons. The van der Waals surface area contributed by atoms with E-state index in [2.05, 4.69) is 10.3 Å². The summed E-state index contributed by atoms with van der Waals surface area (Å²) in [5, 5.41) is 2.59. The van der Waals surface area contributed by atoms with Crippen molar-refractivity contribution in [3.63, 3.8) is 0 Å². The third-order valence-electron chi connectivity index (χ3n) is 2.36. The summed E-state index contributed by atoms with van der Waals surface area (Å²) in [6.45, 7) is 7.44. The Morgan fingerprint density at radius 3 is 2.76 bits per heavy atom. The molecule has 1 aromatic heterocycles. The van der Waals surface area contributed by atoms with Crippen LogP contribution < -0.4 is 15.8 Å². The largest absolute Gasteiger partial charge is 0.473 e. The van der Waals surface area contributed by atoms with Crippen LogP contribution >= 0.6 is 0 Å². The first kappa shape index (κ1) is 17.2. The van der Waals surface area contributed by atoms with E-state index in [1.54, 1.807) is 27.7 Å². The van der Waals surface area contributed by atoms with Crippen molar-refractivity contribution < 1.29 is 18.7 Å². The van der Waals surface area contributed by atoms with E-state index < -0.39 is 17.5 Å². The second-order valence-corrected chi connectivity index (χ2v) is 5.63. The van der Waals surface area contributed by atoms with Gasteiger partial charge in [-0.1, -0.05) is 0 Å². The van der Waals surface area contributed by atoms with Gasteiger partial charge < -0.3 is 20.5 Å². The number of nitrogens with two attached hydrogens (primary N) is 1. The molecule has 1 rings (SSSR count). The number of pyridine rings is 1. The third-order valence-corrected chi connectivity index (χ3v) is 2.36. The Labute approximate surface area is 123 Å². The molecule has 1 amide bonds. The summed E-state index contributed by atoms with van der Waals surface area (Å²) in [5.74, 6) is -0.209. The fraction of sp³-hybridized carbons (Fsp3) is 0.571. The maximum atomic E-state index is 13.0. The van der Waals surface area contributed by atoms with Crippen LogP contribution in [0.15, 0.2) is 12.3 Å². The molecule has 0 spiro atoms. The highest BCUT2D eigenvalue weighted by molar-refractivity contribution is 5.67. The summed E-state index contributed by atoms with van der Waals surface area (Å²) in [5.41, 5.74) is 5.43. The van der Waals surface area contributed by atoms with Crippen LogP contribution in [0.1, 0.15) is 33.3 Å². The second kappa shape index (κ2) is 7.21. The first-order valence-corrected chi connectivity index (χ1v) is 6.69. The number of alkyl carbamates (subject to hydrolysis) is 1. The lowest BCUT2D eigenvalue weighted by atomic mass is 10.2. The van der Waals surface area contributed by atoms with Gasteiger partial charge >= 0.3 is 6.09 Å². The maximum absolute atomic E-state index is 13.0. The third kappa shape index (κ3) is 6.40. The monoisotopic (exact) mass is 299 g/mol. The van der Waals surface area contributed by atoms with Gasteiger partial charge in [-0.3, -0.25) is 0 Å². The van der Waals surface area contributed by atoms with E-state index in [-0.39, 0.29) is 25.1 Å². The number of ether oxygens (including phenoxy) is 2. The minimum atomic E-state index is -0.556. The molecule has 21 heavy (non-hydrogen) atoms. The molecule has 0 bridgehead atoms. The molecule has 0 aliphatic carbocycles. The summed E-state index contributed by atoms with van der Waals surface area (Å²) in [6, 6.07) is 1.27. The number of halogens is 1. The van der Waals surface area contributed by atoms with Crippen molar-refractivity contribution in [2.45, 2.75) is 45.9 Å². The van der Waals surface area contributed by atoms with E-state index in [0.29, 0.717) is 5.56 Å². The van der Waals surface area contributed by atoms with Crippen molar-refractivity contribution in [3.8, 4) is 5.88 Å². The number of amides is 1. The van der Waals surface area contributed by atoms with Crippen LogP contribution in [0.3, 0.4) is 0 Å². The smallest absolute Gasteiger partial charge is 0.407 e. The lowest BCUT2D eigenvalue weighted by Crippen LogP contribution is -2.37. The van der Waals surface area contributed by atoms with E-state index in [0.717, 1.165) is 6.20 Å². The van der Waals surface area contributed by atoms with Crippen LogP contribution in [0, 0.1) is 5.82 Å². The number of rotatable bonds is 5. The number of nitrogens with zero attached hydrogens (tertiary/aromatic N) is 1. The molecule has 0 aliphatic rings. The van der Waals surface area contributed by atoms with Gasteiger partial charge in [0.1, 0.15) is 17.5 Å². The zero-order valence-corrected chi connectivity index (χ0v) is 12.8. The Morgan fingerprint density at radius 1 is 1.52 bits per heavy atom. The van der Waals surface area contributed by atoms with Crippen molar-refractivity contribution in [2.24, 2.45) is 5.73 Å². The van der Waals surface area contributed by atoms with Crippen LogP contribution in [0.4, 0.5) is 9.18 Å². The minimum absolute atomic E-state index is 0.117. The molecule has 0 aromatic carbocycles. The van der Waals surface area contributed by atoms with Gasteiger partial charge in [-0.05, 0) is 33.8 Å². The topological polar surface area (TPSA) is 86.5 Å². The number of nitrogens with one attached hydrogen (secondary N) is 1. The fourth-order valence-corrected chi connectivity index (χ4v) is 1.49. The van der Waals surface area contributed by atoms with Crippen LogP contribution in [0.25, 0.3) is 0 Å². The molecule has 0 saturated carbocycles. The Hall–Kier alpha value is -1.89. The molecular formula is C14H22FN3O3. The zero-order valence-electron chi connectivity index (χ0n) is 12.8. The van der Waals surface area contributed by atoms with E-state index in [9.17, 15) is 9.18 Å². The molecule has 1 aromatic rings. The zero-order chi connectivity index (χ0) is 16.0. The number of hydrogen-bond acceptors (Lipinski definition) is 5. The Kier molecular flexibility index (Phi) is 5.90. The predicted octanol–water partition coefficient (Wildman–Crippen LogP) is 1.97. The van der Waals surface area contributed by atoms with Crippen molar-refractivity contribution in [3.05, 3.63) is 23.6 Å². The molecule has 0 fully saturated rings. The summed E-state index contributed by atoms with van der Waals surface area (Å²) >= 11 is 0. The molecule has 3 N–H and O–H groups in total. The SMILES string of the molecule is C[C@@H](CNC(=O)OC(C)(C)C)Oc1ncc(F)cc1CN. The fourth-order valence-electron chi connectivity index (χ4n) is 1.49. The van der Waals surface area contributed by atoms with Gasteiger partial charge in [-0.25, -0.2) is 14.2 Å². The first-order valence-electron chi connectivity index (χ1n) is 6.69. The summed E-state index contributed by atoms with van der Waals surface area (Å²) in [7, 11) is 0. The molecule has 0 unspecified atom stereocenters. The maximum Gasteiger partial charge on any atom is 0.407 e. The van der Waals surface area contributed by atoms with Crippen LogP contribution in [-0.2, 0) is 11.3 Å². The molecular weight excluding hydrogens is 277 g/mol. The quantitative estimate of drug-likeness (QED) is 0.868. The van der Waals surface area contributed by atoms with Crippen molar-refractivity contribution in [1.29, 1.82) is 0 Å². The van der Waals surface area contributed by atoms with Crippen molar-refractivity contribution >= 4 is 6.09 Å². The summed E-state index contributed by atoms with van der Waals surface area (Å²) in [6.07, 6.45) is 0.174. The average molecular weight is 299 g/mol. The Balaban J connectivity index is 2.51. The molecule has 0 radical (unpaired) electrons. The first-order chi connectivity index (χ1) is 9.71. The van der Waals surface area contributed by atoms with Gasteiger partial charge in [-0.15, -0.1) is 0 Å². The molecule has 1 heterocycles. The normalized spacial score (nSPS) is 12.7. The van der Waals surface area contributed by atoms with Gasteiger partial charge in [0.25, 0.3) is 0 Å². The molecule has 6 nitrogen and oxygen atoms in total. The Bertz CT molecular complexity index is 489. The minimum Gasteiger partial charge on any atom is -0.473 e.